The fraction of sp³-hybridized carbons (Fsp3) is 0.320. The van der Waals surface area contributed by atoms with Crippen LogP contribution in [0, 0.1) is 13.8 Å². The van der Waals surface area contributed by atoms with E-state index < -0.39 is 0 Å². The predicted octanol–water partition coefficient (Wildman–Crippen LogP) is 4.67. The van der Waals surface area contributed by atoms with Crippen molar-refractivity contribution in [3.8, 4) is 0 Å². The lowest BCUT2D eigenvalue weighted by Crippen LogP contribution is -2.29. The van der Waals surface area contributed by atoms with Crippen LogP contribution in [-0.2, 0) is 16.1 Å². The van der Waals surface area contributed by atoms with Crippen molar-refractivity contribution in [2.45, 2.75) is 44.5 Å². The number of aryl methyl sites for hydroxylation is 2. The maximum atomic E-state index is 13.4. The second kappa shape index (κ2) is 9.03. The van der Waals surface area contributed by atoms with Crippen molar-refractivity contribution in [1.29, 1.82) is 0 Å². The Balaban J connectivity index is 1.46. The van der Waals surface area contributed by atoms with E-state index in [9.17, 15) is 9.59 Å². The first kappa shape index (κ1) is 21.7. The molecule has 33 heavy (non-hydrogen) atoms. The van der Waals surface area contributed by atoms with E-state index in [1.54, 1.807) is 4.57 Å². The van der Waals surface area contributed by atoms with Gasteiger partial charge in [0.15, 0.2) is 5.16 Å². The van der Waals surface area contributed by atoms with Gasteiger partial charge < -0.3 is 14.5 Å². The molecule has 1 N–H and O–H groups in total. The molecule has 7 nitrogen and oxygen atoms in total. The van der Waals surface area contributed by atoms with Gasteiger partial charge in [-0.05, 0) is 62.1 Å². The molecular weight excluding hydrogens is 438 g/mol. The van der Waals surface area contributed by atoms with E-state index >= 15 is 0 Å². The van der Waals surface area contributed by atoms with Crippen molar-refractivity contribution in [3.63, 3.8) is 0 Å². The highest BCUT2D eigenvalue weighted by Gasteiger charge is 2.23. The number of ether oxygens (including phenoxy) is 1. The molecule has 1 atom stereocenters. The first-order valence-electron chi connectivity index (χ1n) is 11.0. The average molecular weight is 464 g/mol. The number of anilines is 1. The van der Waals surface area contributed by atoms with E-state index in [2.05, 4.69) is 11.4 Å². The Morgan fingerprint density at radius 2 is 2.00 bits per heavy atom. The van der Waals surface area contributed by atoms with E-state index in [1.165, 1.54) is 11.8 Å². The molecule has 1 amide bonds. The molecule has 5 rings (SSSR count). The van der Waals surface area contributed by atoms with E-state index in [0.717, 1.165) is 35.0 Å². The van der Waals surface area contributed by atoms with Gasteiger partial charge in [0, 0.05) is 17.7 Å². The molecule has 1 aliphatic heterocycles. The molecule has 4 aromatic rings. The van der Waals surface area contributed by atoms with Crippen LogP contribution < -0.4 is 10.9 Å². The summed E-state index contributed by atoms with van der Waals surface area (Å²) in [5.41, 5.74) is 4.07. The van der Waals surface area contributed by atoms with Crippen molar-refractivity contribution in [2.75, 3.05) is 17.7 Å². The number of amides is 1. The number of para-hydroxylation sites is 1. The van der Waals surface area contributed by atoms with Crippen molar-refractivity contribution < 1.29 is 13.9 Å². The average Bonchev–Trinajstić information content (AvgIpc) is 3.42. The lowest BCUT2D eigenvalue weighted by atomic mass is 10.1. The summed E-state index contributed by atoms with van der Waals surface area (Å²) >= 11 is 1.25. The molecule has 1 aliphatic rings. The Labute approximate surface area is 195 Å². The minimum absolute atomic E-state index is 0.0465. The summed E-state index contributed by atoms with van der Waals surface area (Å²) in [5.74, 6) is -0.0215. The van der Waals surface area contributed by atoms with E-state index in [-0.39, 0.29) is 28.9 Å². The van der Waals surface area contributed by atoms with Gasteiger partial charge in [-0.15, -0.1) is 0 Å². The summed E-state index contributed by atoms with van der Waals surface area (Å²) in [6.45, 7) is 5.07. The number of rotatable bonds is 6. The van der Waals surface area contributed by atoms with Crippen LogP contribution in [0.1, 0.15) is 24.0 Å². The first-order chi connectivity index (χ1) is 16.0. The molecule has 170 valence electrons. The highest BCUT2D eigenvalue weighted by Crippen LogP contribution is 2.28. The zero-order valence-corrected chi connectivity index (χ0v) is 19.4. The summed E-state index contributed by atoms with van der Waals surface area (Å²) in [7, 11) is 0. The quantitative estimate of drug-likeness (QED) is 0.330. The molecule has 2 aromatic heterocycles. The summed E-state index contributed by atoms with van der Waals surface area (Å²) in [4.78, 5) is 30.8. The summed E-state index contributed by atoms with van der Waals surface area (Å²) < 4.78 is 13.2. The third-order valence-electron chi connectivity index (χ3n) is 5.70. The van der Waals surface area contributed by atoms with Crippen molar-refractivity contribution >= 4 is 45.4 Å². The molecule has 1 fully saturated rings. The number of fused-ring (bicyclic) bond motifs is 3. The Morgan fingerprint density at radius 3 is 2.76 bits per heavy atom. The van der Waals surface area contributed by atoms with Crippen LogP contribution >= 0.6 is 11.8 Å². The van der Waals surface area contributed by atoms with Gasteiger partial charge in [-0.2, -0.15) is 0 Å². The molecule has 0 bridgehead atoms. The van der Waals surface area contributed by atoms with Gasteiger partial charge in [0.2, 0.25) is 11.5 Å². The Morgan fingerprint density at radius 1 is 1.21 bits per heavy atom. The number of carbonyl (C=O) groups is 1. The van der Waals surface area contributed by atoms with Crippen LogP contribution in [0.15, 0.2) is 56.8 Å². The fourth-order valence-electron chi connectivity index (χ4n) is 4.29. The second-order valence-electron chi connectivity index (χ2n) is 8.43. The maximum Gasteiger partial charge on any atom is 0.297 e. The summed E-state index contributed by atoms with van der Waals surface area (Å²) in [6.07, 6.45) is 1.82. The SMILES string of the molecule is Cc1cc(C)cc(NC(=O)CSc2nc3c(oc4ccccc43)c(=O)n2C[C@@H]2CCCO2)c1. The monoisotopic (exact) mass is 463 g/mol. The number of nitrogens with zero attached hydrogens (tertiary/aromatic N) is 2. The first-order valence-corrected chi connectivity index (χ1v) is 12.0. The molecule has 0 aliphatic carbocycles. The van der Waals surface area contributed by atoms with Crippen LogP contribution in [0.25, 0.3) is 22.1 Å². The molecule has 0 radical (unpaired) electrons. The number of furan rings is 1. The maximum absolute atomic E-state index is 13.4. The minimum atomic E-state index is -0.246. The van der Waals surface area contributed by atoms with Crippen molar-refractivity contribution in [2.24, 2.45) is 0 Å². The topological polar surface area (TPSA) is 86.4 Å². The Kier molecular flexibility index (Phi) is 5.95. The van der Waals surface area contributed by atoms with Crippen molar-refractivity contribution in [1.82, 2.24) is 9.55 Å². The largest absolute Gasteiger partial charge is 0.448 e. The van der Waals surface area contributed by atoms with Gasteiger partial charge >= 0.3 is 0 Å². The number of hydrogen-bond donors (Lipinski definition) is 1. The zero-order chi connectivity index (χ0) is 22.9. The summed E-state index contributed by atoms with van der Waals surface area (Å²) in [6, 6.07) is 13.4. The van der Waals surface area contributed by atoms with Crippen LogP contribution in [-0.4, -0.2) is 33.9 Å². The molecule has 2 aromatic carbocycles. The minimum Gasteiger partial charge on any atom is -0.448 e. The highest BCUT2D eigenvalue weighted by molar-refractivity contribution is 7.99. The number of benzene rings is 2. The van der Waals surface area contributed by atoms with Gasteiger partial charge in [0.25, 0.3) is 5.56 Å². The number of hydrogen-bond acceptors (Lipinski definition) is 6. The van der Waals surface area contributed by atoms with E-state index in [0.29, 0.717) is 29.4 Å². The number of thioether (sulfide) groups is 1. The van der Waals surface area contributed by atoms with E-state index in [4.69, 9.17) is 14.1 Å². The van der Waals surface area contributed by atoms with E-state index in [1.807, 2.05) is 50.2 Å². The molecule has 0 saturated carbocycles. The lowest BCUT2D eigenvalue weighted by molar-refractivity contribution is -0.113. The van der Waals surface area contributed by atoms with Gasteiger partial charge in [0.1, 0.15) is 11.1 Å². The predicted molar refractivity (Wildman–Crippen MR) is 130 cm³/mol. The fourth-order valence-corrected chi connectivity index (χ4v) is 5.09. The van der Waals surface area contributed by atoms with Crippen LogP contribution in [0.3, 0.4) is 0 Å². The Bertz CT molecular complexity index is 1380. The van der Waals surface area contributed by atoms with Crippen LogP contribution in [0.5, 0.6) is 0 Å². The second-order valence-corrected chi connectivity index (χ2v) is 9.38. The Hall–Kier alpha value is -3.10. The molecule has 3 heterocycles. The van der Waals surface area contributed by atoms with Gasteiger partial charge in [-0.1, -0.05) is 30.0 Å². The lowest BCUT2D eigenvalue weighted by Gasteiger charge is -2.15. The number of nitrogens with one attached hydrogen (secondary N) is 1. The molecule has 0 spiro atoms. The molecular formula is C25H25N3O4S. The molecule has 1 saturated heterocycles. The van der Waals surface area contributed by atoms with Gasteiger partial charge in [0.05, 0.1) is 18.4 Å². The van der Waals surface area contributed by atoms with Crippen LogP contribution in [0.2, 0.25) is 0 Å². The highest BCUT2D eigenvalue weighted by atomic mass is 32.2. The normalized spacial score (nSPS) is 16.0. The zero-order valence-electron chi connectivity index (χ0n) is 18.6. The summed E-state index contributed by atoms with van der Waals surface area (Å²) in [5, 5.41) is 4.22. The van der Waals surface area contributed by atoms with Crippen LogP contribution in [0.4, 0.5) is 5.69 Å². The molecule has 8 heteroatoms. The number of carbonyl (C=O) groups excluding carboxylic acids is 1. The van der Waals surface area contributed by atoms with Crippen molar-refractivity contribution in [3.05, 3.63) is 63.9 Å². The molecule has 0 unspecified atom stereocenters. The smallest absolute Gasteiger partial charge is 0.297 e. The van der Waals surface area contributed by atoms with Gasteiger partial charge in [-0.25, -0.2) is 4.98 Å². The number of aromatic nitrogens is 2. The standard InChI is InChI=1S/C25H25N3O4S/c1-15-10-16(2)12-17(11-15)26-21(29)14-33-25-27-22-19-7-3-4-8-20(19)32-23(22)24(30)28(25)13-18-6-5-9-31-18/h3-4,7-8,10-12,18H,5-6,9,13-14H2,1-2H3,(H,26,29)/t18-/m0/s1. The third-order valence-corrected chi connectivity index (χ3v) is 6.67. The van der Waals surface area contributed by atoms with Gasteiger partial charge in [-0.3, -0.25) is 14.2 Å². The third kappa shape index (κ3) is 4.54.